The van der Waals surface area contributed by atoms with E-state index in [9.17, 15) is 0 Å². The molecular weight excluding hydrogens is 268 g/mol. The van der Waals surface area contributed by atoms with E-state index in [1.54, 1.807) is 28.4 Å². The molecule has 2 aliphatic heterocycles. The number of ether oxygens (including phenoxy) is 7. The molecule has 0 N–H and O–H groups in total. The molecule has 0 aliphatic carbocycles. The summed E-state index contributed by atoms with van der Waals surface area (Å²) in [6.45, 7) is 1.62. The first-order chi connectivity index (χ1) is 9.74. The normalized spacial score (nSPS) is 40.8. The van der Waals surface area contributed by atoms with Crippen molar-refractivity contribution in [2.75, 3.05) is 48.3 Å². The van der Waals surface area contributed by atoms with Gasteiger partial charge in [-0.25, -0.2) is 0 Å². The smallest absolute Gasteiger partial charge is 0.187 e. The van der Waals surface area contributed by atoms with Crippen LogP contribution in [-0.4, -0.2) is 85.1 Å². The van der Waals surface area contributed by atoms with Gasteiger partial charge in [-0.1, -0.05) is 0 Å². The minimum Gasteiger partial charge on any atom is -0.382 e. The van der Waals surface area contributed by atoms with E-state index in [0.717, 1.165) is 6.61 Å². The van der Waals surface area contributed by atoms with Crippen LogP contribution >= 0.6 is 0 Å². The summed E-state index contributed by atoms with van der Waals surface area (Å²) in [7, 11) is 6.47. The molecule has 0 amide bonds. The molecule has 1 unspecified atom stereocenters. The van der Waals surface area contributed by atoms with Crippen LogP contribution in [0.3, 0.4) is 0 Å². The first-order valence-corrected chi connectivity index (χ1v) is 6.71. The molecule has 0 aromatic carbocycles. The van der Waals surface area contributed by atoms with Crippen LogP contribution in [0.5, 0.6) is 0 Å². The van der Waals surface area contributed by atoms with E-state index >= 15 is 0 Å². The Hall–Kier alpha value is -0.280. The summed E-state index contributed by atoms with van der Waals surface area (Å²) >= 11 is 0. The number of rotatable bonds is 8. The fourth-order valence-electron chi connectivity index (χ4n) is 2.48. The highest BCUT2D eigenvalue weighted by Crippen LogP contribution is 2.28. The Kier molecular flexibility index (Phi) is 6.16. The standard InChI is InChI=1S/C13H24O7/c1-14-7-9-10(15-2)11(16-3)12(17-4)13(20-9)19-6-8-5-18-8/h8-13H,5-7H2,1-4H3/t8?,9-,10-,11+,12-,13-/m1/s1. The summed E-state index contributed by atoms with van der Waals surface area (Å²) in [5.74, 6) is 0. The van der Waals surface area contributed by atoms with E-state index in [1.807, 2.05) is 0 Å². The first-order valence-electron chi connectivity index (χ1n) is 6.71. The minimum atomic E-state index is -0.527. The predicted molar refractivity (Wildman–Crippen MR) is 68.6 cm³/mol. The molecule has 6 atom stereocenters. The summed E-state index contributed by atoms with van der Waals surface area (Å²) in [4.78, 5) is 0. The van der Waals surface area contributed by atoms with E-state index in [1.165, 1.54) is 0 Å². The van der Waals surface area contributed by atoms with Gasteiger partial charge in [0.15, 0.2) is 6.29 Å². The molecule has 0 aromatic heterocycles. The van der Waals surface area contributed by atoms with E-state index in [0.29, 0.717) is 13.2 Å². The summed E-state index contributed by atoms with van der Waals surface area (Å²) < 4.78 is 38.5. The van der Waals surface area contributed by atoms with Gasteiger partial charge in [-0.05, 0) is 0 Å². The molecule has 0 bridgehead atoms. The van der Waals surface area contributed by atoms with Crippen molar-refractivity contribution in [1.82, 2.24) is 0 Å². The maximum Gasteiger partial charge on any atom is 0.187 e. The van der Waals surface area contributed by atoms with Crippen molar-refractivity contribution in [2.45, 2.75) is 36.8 Å². The average Bonchev–Trinajstić information content (AvgIpc) is 3.28. The van der Waals surface area contributed by atoms with E-state index in [-0.39, 0.29) is 30.5 Å². The lowest BCUT2D eigenvalue weighted by molar-refractivity contribution is -0.313. The number of methoxy groups -OCH3 is 4. The monoisotopic (exact) mass is 292 g/mol. The zero-order chi connectivity index (χ0) is 14.5. The molecule has 0 spiro atoms. The predicted octanol–water partition coefficient (Wildman–Crippen LogP) is -0.182. The van der Waals surface area contributed by atoms with Gasteiger partial charge in [0, 0.05) is 28.4 Å². The van der Waals surface area contributed by atoms with Gasteiger partial charge in [-0.2, -0.15) is 0 Å². The maximum atomic E-state index is 5.91. The summed E-state index contributed by atoms with van der Waals surface area (Å²) in [5, 5.41) is 0. The SMILES string of the molecule is COC[C@H]1O[C@@H](OCC2CO2)[C@H](OC)[C@@H](OC)[C@@H]1OC. The molecule has 2 aliphatic rings. The lowest BCUT2D eigenvalue weighted by atomic mass is 9.98. The van der Waals surface area contributed by atoms with Crippen LogP contribution in [-0.2, 0) is 33.2 Å². The lowest BCUT2D eigenvalue weighted by Gasteiger charge is -2.44. The molecule has 0 aromatic rings. The Balaban J connectivity index is 2.04. The number of hydrogen-bond donors (Lipinski definition) is 0. The first kappa shape index (κ1) is 16.1. The van der Waals surface area contributed by atoms with Crippen LogP contribution < -0.4 is 0 Å². The molecular formula is C13H24O7. The fourth-order valence-corrected chi connectivity index (χ4v) is 2.48. The molecule has 7 heteroatoms. The van der Waals surface area contributed by atoms with E-state index < -0.39 is 6.29 Å². The van der Waals surface area contributed by atoms with Gasteiger partial charge in [-0.15, -0.1) is 0 Å². The van der Waals surface area contributed by atoms with Gasteiger partial charge >= 0.3 is 0 Å². The third-order valence-corrected chi connectivity index (χ3v) is 3.59. The van der Waals surface area contributed by atoms with Gasteiger partial charge in [0.25, 0.3) is 0 Å². The minimum absolute atomic E-state index is 0.165. The zero-order valence-corrected chi connectivity index (χ0v) is 12.4. The molecule has 2 fully saturated rings. The highest BCUT2D eigenvalue weighted by molar-refractivity contribution is 4.92. The average molecular weight is 292 g/mol. The highest BCUT2D eigenvalue weighted by Gasteiger charge is 2.48. The van der Waals surface area contributed by atoms with Gasteiger partial charge in [-0.3, -0.25) is 0 Å². The van der Waals surface area contributed by atoms with Crippen LogP contribution in [0.4, 0.5) is 0 Å². The lowest BCUT2D eigenvalue weighted by Crippen LogP contribution is -2.61. The highest BCUT2D eigenvalue weighted by atomic mass is 16.7. The molecule has 0 saturated carbocycles. The Morgan fingerprint density at radius 3 is 2.05 bits per heavy atom. The largest absolute Gasteiger partial charge is 0.382 e. The van der Waals surface area contributed by atoms with Crippen molar-refractivity contribution in [1.29, 1.82) is 0 Å². The van der Waals surface area contributed by atoms with Gasteiger partial charge in [0.1, 0.15) is 30.5 Å². The van der Waals surface area contributed by atoms with E-state index in [4.69, 9.17) is 33.2 Å². The van der Waals surface area contributed by atoms with Crippen molar-refractivity contribution >= 4 is 0 Å². The molecule has 0 radical (unpaired) electrons. The molecule has 7 nitrogen and oxygen atoms in total. The quantitative estimate of drug-likeness (QED) is 0.575. The van der Waals surface area contributed by atoms with E-state index in [2.05, 4.69) is 0 Å². The summed E-state index contributed by atoms with van der Waals surface area (Å²) in [6, 6.07) is 0. The second-order valence-electron chi connectivity index (χ2n) is 4.89. The third kappa shape index (κ3) is 3.67. The van der Waals surface area contributed by atoms with Gasteiger partial charge in [0.2, 0.25) is 0 Å². The van der Waals surface area contributed by atoms with Crippen LogP contribution in [0.25, 0.3) is 0 Å². The Morgan fingerprint density at radius 2 is 1.55 bits per heavy atom. The third-order valence-electron chi connectivity index (χ3n) is 3.59. The zero-order valence-electron chi connectivity index (χ0n) is 12.4. The fraction of sp³-hybridized carbons (Fsp3) is 1.00. The maximum absolute atomic E-state index is 5.91. The Morgan fingerprint density at radius 1 is 0.900 bits per heavy atom. The second-order valence-corrected chi connectivity index (χ2v) is 4.89. The number of hydrogen-bond acceptors (Lipinski definition) is 7. The van der Waals surface area contributed by atoms with Crippen molar-refractivity contribution in [3.8, 4) is 0 Å². The van der Waals surface area contributed by atoms with Crippen molar-refractivity contribution in [3.63, 3.8) is 0 Å². The van der Waals surface area contributed by atoms with Gasteiger partial charge in [0.05, 0.1) is 19.8 Å². The summed E-state index contributed by atoms with van der Waals surface area (Å²) in [5.41, 5.74) is 0. The van der Waals surface area contributed by atoms with Crippen molar-refractivity contribution in [2.24, 2.45) is 0 Å². The van der Waals surface area contributed by atoms with Crippen molar-refractivity contribution < 1.29 is 33.2 Å². The molecule has 118 valence electrons. The molecule has 2 saturated heterocycles. The van der Waals surface area contributed by atoms with Crippen LogP contribution in [0, 0.1) is 0 Å². The molecule has 2 rings (SSSR count). The Bertz CT molecular complexity index is 284. The Labute approximate surface area is 119 Å². The molecule has 2 heterocycles. The van der Waals surface area contributed by atoms with Crippen LogP contribution in [0.15, 0.2) is 0 Å². The topological polar surface area (TPSA) is 67.9 Å². The summed E-state index contributed by atoms with van der Waals surface area (Å²) in [6.07, 6.45) is -1.56. The molecule has 20 heavy (non-hydrogen) atoms. The number of epoxide rings is 1. The van der Waals surface area contributed by atoms with Crippen LogP contribution in [0.1, 0.15) is 0 Å². The van der Waals surface area contributed by atoms with Gasteiger partial charge < -0.3 is 33.2 Å². The van der Waals surface area contributed by atoms with Crippen molar-refractivity contribution in [3.05, 3.63) is 0 Å². The second kappa shape index (κ2) is 7.65. The van der Waals surface area contributed by atoms with Crippen LogP contribution in [0.2, 0.25) is 0 Å².